The molecule has 0 aromatic heterocycles. The first-order valence-electron chi connectivity index (χ1n) is 9.74. The Morgan fingerprint density at radius 2 is 1.35 bits per heavy atom. The third-order valence-corrected chi connectivity index (χ3v) is 4.65. The van der Waals surface area contributed by atoms with Crippen molar-refractivity contribution in [2.24, 2.45) is 5.73 Å². The first kappa shape index (κ1) is 22.2. The number of unbranched alkanes of at least 4 members (excludes halogenated alkanes) is 10. The molecule has 1 atom stereocenters. The van der Waals surface area contributed by atoms with E-state index in [1.54, 1.807) is 6.92 Å². The Balaban J connectivity index is 3.39. The molecule has 0 spiro atoms. The normalized spacial score (nSPS) is 14.2. The molecule has 0 saturated carbocycles. The first-order chi connectivity index (χ1) is 11.1. The van der Waals surface area contributed by atoms with E-state index in [-0.39, 0.29) is 0 Å². The van der Waals surface area contributed by atoms with Crippen molar-refractivity contribution < 1.29 is 9.90 Å². The van der Waals surface area contributed by atoms with Gasteiger partial charge in [-0.25, -0.2) is 0 Å². The maximum Gasteiger partial charge on any atom is 0.249 e. The van der Waals surface area contributed by atoms with E-state index in [0.29, 0.717) is 12.8 Å². The van der Waals surface area contributed by atoms with Crippen molar-refractivity contribution in [3.05, 3.63) is 12.2 Å². The minimum atomic E-state index is -1.29. The molecular formula is C20H39NO2. The Morgan fingerprint density at radius 1 is 0.870 bits per heavy atom. The summed E-state index contributed by atoms with van der Waals surface area (Å²) < 4.78 is 0. The van der Waals surface area contributed by atoms with Crippen molar-refractivity contribution in [3.63, 3.8) is 0 Å². The second kappa shape index (κ2) is 14.7. The van der Waals surface area contributed by atoms with E-state index in [9.17, 15) is 9.90 Å². The molecule has 0 aromatic rings. The number of carbonyl (C=O) groups excluding carboxylic acids is 1. The summed E-state index contributed by atoms with van der Waals surface area (Å²) in [5, 5.41) is 10.0. The van der Waals surface area contributed by atoms with Crippen LogP contribution in [0.4, 0.5) is 0 Å². The lowest BCUT2D eigenvalue weighted by Crippen LogP contribution is -2.43. The number of hydrogen-bond acceptors (Lipinski definition) is 2. The lowest BCUT2D eigenvalue weighted by atomic mass is 9.92. The van der Waals surface area contributed by atoms with Crippen molar-refractivity contribution in [2.75, 3.05) is 0 Å². The summed E-state index contributed by atoms with van der Waals surface area (Å²) in [5.41, 5.74) is 3.94. The van der Waals surface area contributed by atoms with Crippen LogP contribution in [0.5, 0.6) is 0 Å². The Labute approximate surface area is 143 Å². The topological polar surface area (TPSA) is 63.3 Å². The molecule has 136 valence electrons. The number of rotatable bonds is 16. The molecule has 0 rings (SSSR count). The van der Waals surface area contributed by atoms with Gasteiger partial charge in [-0.05, 0) is 38.5 Å². The van der Waals surface area contributed by atoms with Crippen LogP contribution >= 0.6 is 0 Å². The third-order valence-electron chi connectivity index (χ3n) is 4.65. The summed E-state index contributed by atoms with van der Waals surface area (Å²) in [4.78, 5) is 11.2. The summed E-state index contributed by atoms with van der Waals surface area (Å²) in [6.07, 6.45) is 20.3. The van der Waals surface area contributed by atoms with Crippen LogP contribution in [-0.4, -0.2) is 16.6 Å². The zero-order valence-electron chi connectivity index (χ0n) is 15.5. The molecule has 3 heteroatoms. The minimum absolute atomic E-state index is 0.406. The van der Waals surface area contributed by atoms with Crippen LogP contribution in [0.2, 0.25) is 0 Å². The minimum Gasteiger partial charge on any atom is -0.380 e. The number of hydrogen-bond donors (Lipinski definition) is 2. The smallest absolute Gasteiger partial charge is 0.249 e. The predicted octanol–water partition coefficient (Wildman–Crippen LogP) is 5.26. The molecule has 3 nitrogen and oxygen atoms in total. The molecule has 0 saturated heterocycles. The summed E-state index contributed by atoms with van der Waals surface area (Å²) in [6, 6.07) is 0. The van der Waals surface area contributed by atoms with Crippen LogP contribution < -0.4 is 5.73 Å². The van der Waals surface area contributed by atoms with Crippen LogP contribution in [-0.2, 0) is 4.79 Å². The van der Waals surface area contributed by atoms with E-state index in [1.165, 1.54) is 51.4 Å². The van der Waals surface area contributed by atoms with Crippen molar-refractivity contribution >= 4 is 5.91 Å². The molecule has 0 heterocycles. The molecule has 3 N–H and O–H groups in total. The standard InChI is InChI=1S/C20H39NO2/c1-3-5-6-7-8-9-10-11-12-13-14-15-16-17-18-20(23,4-2)19(21)22/h11-12,23H,3-10,13-18H2,1-2H3,(H2,21,22)/b12-11-. The monoisotopic (exact) mass is 325 g/mol. The molecule has 23 heavy (non-hydrogen) atoms. The number of aliphatic hydroxyl groups is 1. The maximum absolute atomic E-state index is 11.2. The highest BCUT2D eigenvalue weighted by Crippen LogP contribution is 2.19. The molecule has 0 fully saturated rings. The Hall–Kier alpha value is -0.830. The highest BCUT2D eigenvalue weighted by Gasteiger charge is 2.30. The second-order valence-electron chi connectivity index (χ2n) is 6.73. The van der Waals surface area contributed by atoms with Crippen LogP contribution in [0.25, 0.3) is 0 Å². The lowest BCUT2D eigenvalue weighted by molar-refractivity contribution is -0.137. The van der Waals surface area contributed by atoms with Gasteiger partial charge in [0.15, 0.2) is 0 Å². The van der Waals surface area contributed by atoms with Gasteiger partial charge in [0.2, 0.25) is 5.91 Å². The van der Waals surface area contributed by atoms with E-state index < -0.39 is 11.5 Å². The summed E-state index contributed by atoms with van der Waals surface area (Å²) in [6.45, 7) is 4.06. The van der Waals surface area contributed by atoms with E-state index >= 15 is 0 Å². The first-order valence-corrected chi connectivity index (χ1v) is 9.74. The van der Waals surface area contributed by atoms with E-state index in [4.69, 9.17) is 5.73 Å². The molecular weight excluding hydrogens is 286 g/mol. The molecule has 0 radical (unpaired) electrons. The van der Waals surface area contributed by atoms with Crippen LogP contribution in [0.1, 0.15) is 104 Å². The molecule has 1 amide bonds. The van der Waals surface area contributed by atoms with Gasteiger partial charge < -0.3 is 10.8 Å². The number of carbonyl (C=O) groups is 1. The fraction of sp³-hybridized carbons (Fsp3) is 0.850. The van der Waals surface area contributed by atoms with Crippen molar-refractivity contribution in [1.29, 1.82) is 0 Å². The fourth-order valence-electron chi connectivity index (χ4n) is 2.79. The molecule has 0 bridgehead atoms. The van der Waals surface area contributed by atoms with Gasteiger partial charge in [-0.15, -0.1) is 0 Å². The van der Waals surface area contributed by atoms with Gasteiger partial charge in [0, 0.05) is 0 Å². The van der Waals surface area contributed by atoms with Crippen molar-refractivity contribution in [2.45, 2.75) is 109 Å². The molecule has 0 aliphatic rings. The van der Waals surface area contributed by atoms with E-state index in [0.717, 1.165) is 25.7 Å². The number of amides is 1. The van der Waals surface area contributed by atoms with Gasteiger partial charge in [-0.2, -0.15) is 0 Å². The Kier molecular flexibility index (Phi) is 14.2. The van der Waals surface area contributed by atoms with Crippen LogP contribution in [0.3, 0.4) is 0 Å². The fourth-order valence-corrected chi connectivity index (χ4v) is 2.79. The molecule has 0 aromatic carbocycles. The zero-order valence-corrected chi connectivity index (χ0v) is 15.5. The molecule has 0 aliphatic carbocycles. The van der Waals surface area contributed by atoms with Gasteiger partial charge in [0.25, 0.3) is 0 Å². The molecule has 1 unspecified atom stereocenters. The highest BCUT2D eigenvalue weighted by molar-refractivity contribution is 5.82. The summed E-state index contributed by atoms with van der Waals surface area (Å²) >= 11 is 0. The van der Waals surface area contributed by atoms with Crippen molar-refractivity contribution in [3.8, 4) is 0 Å². The number of primary amides is 1. The predicted molar refractivity (Wildman–Crippen MR) is 99.3 cm³/mol. The van der Waals surface area contributed by atoms with E-state index in [2.05, 4.69) is 19.1 Å². The van der Waals surface area contributed by atoms with Crippen LogP contribution in [0.15, 0.2) is 12.2 Å². The largest absolute Gasteiger partial charge is 0.380 e. The quantitative estimate of drug-likeness (QED) is 0.300. The van der Waals surface area contributed by atoms with Gasteiger partial charge in [-0.1, -0.05) is 77.4 Å². The number of allylic oxidation sites excluding steroid dienone is 2. The Morgan fingerprint density at radius 3 is 1.83 bits per heavy atom. The average Bonchev–Trinajstić information content (AvgIpc) is 2.54. The van der Waals surface area contributed by atoms with Crippen LogP contribution in [0, 0.1) is 0 Å². The van der Waals surface area contributed by atoms with E-state index in [1.807, 2.05) is 0 Å². The van der Waals surface area contributed by atoms with Gasteiger partial charge in [0.1, 0.15) is 5.60 Å². The number of nitrogens with two attached hydrogens (primary N) is 1. The lowest BCUT2D eigenvalue weighted by Gasteiger charge is -2.22. The SMILES string of the molecule is CCCCCCCC/C=C\CCCCCCC(O)(CC)C(N)=O. The zero-order chi connectivity index (χ0) is 17.4. The molecule has 0 aliphatic heterocycles. The van der Waals surface area contributed by atoms with Gasteiger partial charge in [-0.3, -0.25) is 4.79 Å². The van der Waals surface area contributed by atoms with Crippen molar-refractivity contribution in [1.82, 2.24) is 0 Å². The van der Waals surface area contributed by atoms with Gasteiger partial charge >= 0.3 is 0 Å². The average molecular weight is 326 g/mol. The summed E-state index contributed by atoms with van der Waals surface area (Å²) in [5.74, 6) is -0.586. The second-order valence-corrected chi connectivity index (χ2v) is 6.73. The Bertz CT molecular complexity index is 315. The summed E-state index contributed by atoms with van der Waals surface area (Å²) in [7, 11) is 0. The highest BCUT2D eigenvalue weighted by atomic mass is 16.3. The maximum atomic E-state index is 11.2. The van der Waals surface area contributed by atoms with Gasteiger partial charge in [0.05, 0.1) is 0 Å². The third kappa shape index (κ3) is 12.3.